The Bertz CT molecular complexity index is 113. The number of carbonyl (C=O) groups is 2. The standard InChI is InChI=1S/C3H4O5.2Na.2H/c4-2(5)1-3(6)8-7;;;;/h7H,1H2,(H,4,5);;;;. The average molecular weight is 168 g/mol. The summed E-state index contributed by atoms with van der Waals surface area (Å²) >= 11 is 0. The van der Waals surface area contributed by atoms with Gasteiger partial charge in [-0.2, -0.15) is 5.26 Å². The van der Waals surface area contributed by atoms with Gasteiger partial charge < -0.3 is 9.99 Å². The van der Waals surface area contributed by atoms with Gasteiger partial charge in [-0.15, -0.1) is 0 Å². The van der Waals surface area contributed by atoms with Gasteiger partial charge in [0.05, 0.1) is 0 Å². The first kappa shape index (κ1) is 17.1. The van der Waals surface area contributed by atoms with Crippen LogP contribution in [0, 0.1) is 0 Å². The summed E-state index contributed by atoms with van der Waals surface area (Å²) in [5.74, 6) is -2.50. The van der Waals surface area contributed by atoms with Gasteiger partial charge in [0.1, 0.15) is 6.42 Å². The third-order valence-corrected chi connectivity index (χ3v) is 0.397. The zero-order valence-corrected chi connectivity index (χ0v) is 3.83. The number of carboxylic acid groups (broad SMARTS) is 1. The van der Waals surface area contributed by atoms with Crippen LogP contribution in [0.2, 0.25) is 0 Å². The number of hydrogen-bond donors (Lipinski definition) is 2. The summed E-state index contributed by atoms with van der Waals surface area (Å²) in [5, 5.41) is 15.3. The normalized spacial score (nSPS) is 6.50. The Hall–Kier alpha value is 0.900. The molecule has 0 aliphatic heterocycles. The fraction of sp³-hybridized carbons (Fsp3) is 0.333. The van der Waals surface area contributed by atoms with Crippen LogP contribution in [-0.4, -0.2) is 81.4 Å². The van der Waals surface area contributed by atoms with Crippen LogP contribution in [0.1, 0.15) is 6.42 Å². The molecule has 0 saturated carbocycles. The van der Waals surface area contributed by atoms with E-state index in [9.17, 15) is 9.59 Å². The topological polar surface area (TPSA) is 83.8 Å². The van der Waals surface area contributed by atoms with Crippen molar-refractivity contribution in [2.45, 2.75) is 6.42 Å². The van der Waals surface area contributed by atoms with Crippen molar-refractivity contribution in [2.24, 2.45) is 0 Å². The van der Waals surface area contributed by atoms with Crippen LogP contribution in [0.4, 0.5) is 0 Å². The van der Waals surface area contributed by atoms with Crippen molar-refractivity contribution in [3.63, 3.8) is 0 Å². The Morgan fingerprint density at radius 1 is 1.30 bits per heavy atom. The van der Waals surface area contributed by atoms with Crippen molar-refractivity contribution >= 4 is 71.1 Å². The Kier molecular flexibility index (Phi) is 16.9. The van der Waals surface area contributed by atoms with Crippen molar-refractivity contribution < 1.29 is 24.8 Å². The molecule has 0 aromatic heterocycles. The molecule has 50 valence electrons. The van der Waals surface area contributed by atoms with E-state index in [2.05, 4.69) is 4.89 Å². The summed E-state index contributed by atoms with van der Waals surface area (Å²) in [6.07, 6.45) is -0.809. The molecule has 0 amide bonds. The second-order valence-electron chi connectivity index (χ2n) is 1.03. The molecule has 7 heteroatoms. The van der Waals surface area contributed by atoms with Crippen molar-refractivity contribution in [1.29, 1.82) is 0 Å². The number of carbonyl (C=O) groups excluding carboxylic acids is 1. The van der Waals surface area contributed by atoms with Crippen LogP contribution in [0.5, 0.6) is 0 Å². The molecule has 10 heavy (non-hydrogen) atoms. The molecule has 0 saturated heterocycles. The predicted octanol–water partition coefficient (Wildman–Crippen LogP) is -1.82. The molecule has 0 aliphatic carbocycles. The molecule has 0 heterocycles. The molecular weight excluding hydrogens is 162 g/mol. The second-order valence-corrected chi connectivity index (χ2v) is 1.03. The summed E-state index contributed by atoms with van der Waals surface area (Å²) in [4.78, 5) is 22.4. The minimum absolute atomic E-state index is 0. The van der Waals surface area contributed by atoms with E-state index in [1.807, 2.05) is 0 Å². The van der Waals surface area contributed by atoms with Crippen molar-refractivity contribution in [3.05, 3.63) is 0 Å². The zero-order valence-electron chi connectivity index (χ0n) is 3.83. The van der Waals surface area contributed by atoms with Gasteiger partial charge in [0, 0.05) is 0 Å². The first-order chi connectivity index (χ1) is 3.66. The molecule has 2 N–H and O–H groups in total. The Morgan fingerprint density at radius 2 is 1.70 bits per heavy atom. The molecule has 0 aromatic carbocycles. The number of rotatable bonds is 2. The monoisotopic (exact) mass is 168 g/mol. The van der Waals surface area contributed by atoms with Crippen molar-refractivity contribution in [2.75, 3.05) is 0 Å². The second kappa shape index (κ2) is 9.90. The molecule has 0 unspecified atom stereocenters. The van der Waals surface area contributed by atoms with Crippen LogP contribution < -0.4 is 0 Å². The Morgan fingerprint density at radius 3 is 1.80 bits per heavy atom. The van der Waals surface area contributed by atoms with Gasteiger partial charge >= 0.3 is 71.1 Å². The van der Waals surface area contributed by atoms with Gasteiger partial charge in [-0.3, -0.25) is 4.79 Å². The molecule has 0 aliphatic rings. The van der Waals surface area contributed by atoms with Gasteiger partial charge in [0.2, 0.25) is 0 Å². The van der Waals surface area contributed by atoms with E-state index in [1.165, 1.54) is 0 Å². The van der Waals surface area contributed by atoms with Crippen LogP contribution in [0.3, 0.4) is 0 Å². The summed E-state index contributed by atoms with van der Waals surface area (Å²) in [7, 11) is 0. The first-order valence-electron chi connectivity index (χ1n) is 1.73. The van der Waals surface area contributed by atoms with Gasteiger partial charge in [-0.1, -0.05) is 0 Å². The number of hydrogen-bond acceptors (Lipinski definition) is 4. The van der Waals surface area contributed by atoms with E-state index in [-0.39, 0.29) is 59.1 Å². The van der Waals surface area contributed by atoms with Crippen LogP contribution in [-0.2, 0) is 14.5 Å². The van der Waals surface area contributed by atoms with Gasteiger partial charge in [-0.05, 0) is 0 Å². The first-order valence-corrected chi connectivity index (χ1v) is 1.73. The number of carboxylic acids is 1. The van der Waals surface area contributed by atoms with Crippen LogP contribution in [0.25, 0.3) is 0 Å². The van der Waals surface area contributed by atoms with Crippen LogP contribution >= 0.6 is 0 Å². The molecule has 5 nitrogen and oxygen atoms in total. The van der Waals surface area contributed by atoms with Gasteiger partial charge in [-0.25, -0.2) is 4.79 Å². The molecule has 0 bridgehead atoms. The molecule has 0 spiro atoms. The summed E-state index contributed by atoms with van der Waals surface area (Å²) < 4.78 is 0. The summed E-state index contributed by atoms with van der Waals surface area (Å²) in [6, 6.07) is 0. The zero-order chi connectivity index (χ0) is 6.57. The molecule has 0 aromatic rings. The quantitative estimate of drug-likeness (QED) is 0.219. The maximum atomic E-state index is 9.77. The van der Waals surface area contributed by atoms with E-state index < -0.39 is 18.4 Å². The molecule has 0 rings (SSSR count). The van der Waals surface area contributed by atoms with E-state index in [0.29, 0.717) is 0 Å². The van der Waals surface area contributed by atoms with E-state index in [1.54, 1.807) is 0 Å². The SMILES string of the molecule is O=C(O)CC(=O)OO.[NaH].[NaH]. The predicted molar refractivity (Wildman–Crippen MR) is 35.3 cm³/mol. The Labute approximate surface area is 101 Å². The summed E-state index contributed by atoms with van der Waals surface area (Å²) in [6.45, 7) is 0. The molecule has 0 atom stereocenters. The van der Waals surface area contributed by atoms with Crippen molar-refractivity contribution in [1.82, 2.24) is 0 Å². The maximum absolute atomic E-state index is 9.77. The van der Waals surface area contributed by atoms with E-state index >= 15 is 0 Å². The third kappa shape index (κ3) is 11.7. The van der Waals surface area contributed by atoms with Gasteiger partial charge in [0.25, 0.3) is 0 Å². The fourth-order valence-electron chi connectivity index (χ4n) is 0.156. The van der Waals surface area contributed by atoms with Crippen molar-refractivity contribution in [3.8, 4) is 0 Å². The summed E-state index contributed by atoms with van der Waals surface area (Å²) in [5.41, 5.74) is 0. The fourth-order valence-corrected chi connectivity index (χ4v) is 0.156. The van der Waals surface area contributed by atoms with Gasteiger partial charge in [0.15, 0.2) is 0 Å². The molecule has 0 fully saturated rings. The van der Waals surface area contributed by atoms with E-state index in [4.69, 9.17) is 10.4 Å². The van der Waals surface area contributed by atoms with Crippen LogP contribution in [0.15, 0.2) is 0 Å². The Balaban J connectivity index is -0.000000245. The van der Waals surface area contributed by atoms with E-state index in [0.717, 1.165) is 0 Å². The minimum atomic E-state index is -1.33. The third-order valence-electron chi connectivity index (χ3n) is 0.397. The average Bonchev–Trinajstić information content (AvgIpc) is 1.65. The molecular formula is C3H6Na2O5. The number of aliphatic carboxylic acids is 1. The molecule has 0 radical (unpaired) electrons.